The zero-order valence-corrected chi connectivity index (χ0v) is 24.6. The maximum atomic E-state index is 13.7. The number of carboxylic acid groups (broad SMARTS) is 1. The summed E-state index contributed by atoms with van der Waals surface area (Å²) in [5, 5.41) is 19.2. The fraction of sp³-hybridized carbons (Fsp3) is 0.412. The van der Waals surface area contributed by atoms with Gasteiger partial charge in [0.2, 0.25) is 0 Å². The van der Waals surface area contributed by atoms with Crippen LogP contribution < -0.4 is 4.74 Å². The number of carbonyl (C=O) groups excluding carboxylic acids is 1. The average molecular weight is 567 g/mol. The maximum Gasteiger partial charge on any atom is 0.310 e. The van der Waals surface area contributed by atoms with E-state index < -0.39 is 17.3 Å². The summed E-state index contributed by atoms with van der Waals surface area (Å²) in [5.74, 6) is -0.496. The Morgan fingerprint density at radius 1 is 0.952 bits per heavy atom. The number of amides is 1. The molecule has 0 radical (unpaired) electrons. The molecule has 9 bridgehead atoms. The van der Waals surface area contributed by atoms with Gasteiger partial charge < -0.3 is 14.7 Å². The number of rotatable bonds is 2. The number of ether oxygens (including phenoxy) is 1. The molecule has 0 unspecified atom stereocenters. The lowest BCUT2D eigenvalue weighted by Gasteiger charge is -2.34. The second-order valence-corrected chi connectivity index (χ2v) is 12.3. The monoisotopic (exact) mass is 566 g/mol. The second-order valence-electron chi connectivity index (χ2n) is 12.3. The number of aliphatic carboxylic acids is 1. The summed E-state index contributed by atoms with van der Waals surface area (Å²) in [6, 6.07) is 18.0. The highest BCUT2D eigenvalue weighted by atomic mass is 16.5. The van der Waals surface area contributed by atoms with Crippen molar-refractivity contribution in [3.63, 3.8) is 0 Å². The lowest BCUT2D eigenvalue weighted by Crippen LogP contribution is -2.36. The van der Waals surface area contributed by atoms with Crippen LogP contribution in [0.5, 0.6) is 5.75 Å². The molecular formula is C34H38N4O4. The van der Waals surface area contributed by atoms with Crippen LogP contribution >= 0.6 is 0 Å². The Hall–Kier alpha value is -4.20. The number of hydrogen-bond acceptors (Lipinski definition) is 5. The number of aryl methyl sites for hydroxylation is 2. The van der Waals surface area contributed by atoms with Crippen LogP contribution in [0.2, 0.25) is 0 Å². The van der Waals surface area contributed by atoms with E-state index in [0.717, 1.165) is 77.7 Å². The van der Waals surface area contributed by atoms with Crippen LogP contribution in [0.15, 0.2) is 54.6 Å². The van der Waals surface area contributed by atoms with Gasteiger partial charge in [0.05, 0.1) is 17.5 Å². The van der Waals surface area contributed by atoms with E-state index in [9.17, 15) is 14.7 Å². The van der Waals surface area contributed by atoms with E-state index in [4.69, 9.17) is 4.74 Å². The highest BCUT2D eigenvalue weighted by Crippen LogP contribution is 2.43. The van der Waals surface area contributed by atoms with Gasteiger partial charge in [0.25, 0.3) is 5.91 Å². The summed E-state index contributed by atoms with van der Waals surface area (Å²) >= 11 is 0. The third-order valence-corrected chi connectivity index (χ3v) is 8.97. The molecule has 9 rings (SSSR count). The minimum atomic E-state index is -1.09. The molecule has 1 atom stereocenters. The molecule has 1 amide bonds. The van der Waals surface area contributed by atoms with Crippen LogP contribution in [-0.2, 0) is 24.3 Å². The van der Waals surface area contributed by atoms with E-state index in [0.29, 0.717) is 25.3 Å². The van der Waals surface area contributed by atoms with Crippen LogP contribution in [0.1, 0.15) is 83.6 Å². The lowest BCUT2D eigenvalue weighted by molar-refractivity contribution is -0.147. The first-order valence-corrected chi connectivity index (χ1v) is 14.9. The summed E-state index contributed by atoms with van der Waals surface area (Å²) in [6.45, 7) is 8.05. The van der Waals surface area contributed by atoms with E-state index in [1.165, 1.54) is 5.56 Å². The summed E-state index contributed by atoms with van der Waals surface area (Å²) < 4.78 is 7.94. The molecule has 8 heteroatoms. The Bertz CT molecular complexity index is 1660. The van der Waals surface area contributed by atoms with Gasteiger partial charge in [0.15, 0.2) is 0 Å². The molecule has 0 fully saturated rings. The topological polar surface area (TPSA) is 97.5 Å². The third kappa shape index (κ3) is 5.26. The van der Waals surface area contributed by atoms with Crippen molar-refractivity contribution in [2.75, 3.05) is 13.2 Å². The number of aromatic nitrogens is 3. The normalized spacial score (nSPS) is 18.1. The highest BCUT2D eigenvalue weighted by molar-refractivity contribution is 5.96. The Morgan fingerprint density at radius 3 is 2.55 bits per heavy atom. The van der Waals surface area contributed by atoms with Crippen molar-refractivity contribution in [2.45, 2.75) is 71.9 Å². The molecule has 0 saturated carbocycles. The molecule has 5 aliphatic heterocycles. The molecule has 6 heterocycles. The van der Waals surface area contributed by atoms with Crippen molar-refractivity contribution in [1.29, 1.82) is 0 Å². The highest BCUT2D eigenvalue weighted by Gasteiger charge is 2.39. The van der Waals surface area contributed by atoms with E-state index >= 15 is 0 Å². The van der Waals surface area contributed by atoms with Crippen molar-refractivity contribution in [1.82, 2.24) is 19.9 Å². The minimum Gasteiger partial charge on any atom is -0.494 e. The molecule has 4 aromatic rings. The molecule has 5 aliphatic rings. The van der Waals surface area contributed by atoms with Crippen molar-refractivity contribution < 1.29 is 19.4 Å². The van der Waals surface area contributed by atoms with Gasteiger partial charge in [-0.25, -0.2) is 4.68 Å². The lowest BCUT2D eigenvalue weighted by atomic mass is 9.70. The van der Waals surface area contributed by atoms with Crippen molar-refractivity contribution in [3.8, 4) is 5.75 Å². The SMILES string of the molecule is Cc1cc2ccc1C(=O)N1CCc3ccc(cc3C1)[C@H](C(C)(C)C(=O)O)c1ccc3c(c1)nnn3CCCCCCO2. The standard InChI is InChI=1S/C34H38N4O4/c1-22-18-27-11-12-28(22)32(39)37-16-14-23-8-9-24(19-26(23)21-37)31(34(2,3)33(40)41)25-10-13-30-29(20-25)35-36-38(30)15-6-4-5-7-17-42-27/h8-13,18-20,31H,4-7,14-17,21H2,1-3H3,(H,40,41)/t31-/m0/s1. The number of benzene rings is 3. The van der Waals surface area contributed by atoms with Gasteiger partial charge in [-0.2, -0.15) is 0 Å². The molecule has 1 N–H and O–H groups in total. The Morgan fingerprint density at radius 2 is 1.74 bits per heavy atom. The fourth-order valence-electron chi connectivity index (χ4n) is 6.46. The molecule has 1 aromatic heterocycles. The number of hydrogen-bond donors (Lipinski definition) is 1. The largest absolute Gasteiger partial charge is 0.494 e. The zero-order valence-electron chi connectivity index (χ0n) is 24.6. The van der Waals surface area contributed by atoms with Crippen LogP contribution in [0.4, 0.5) is 0 Å². The molecule has 8 nitrogen and oxygen atoms in total. The minimum absolute atomic E-state index is 0.00412. The molecule has 0 aliphatic carbocycles. The summed E-state index contributed by atoms with van der Waals surface area (Å²) in [5.41, 5.74) is 6.27. The van der Waals surface area contributed by atoms with Crippen LogP contribution in [0.3, 0.4) is 0 Å². The van der Waals surface area contributed by atoms with Crippen LogP contribution in [-0.4, -0.2) is 50.0 Å². The van der Waals surface area contributed by atoms with Gasteiger partial charge in [-0.1, -0.05) is 35.9 Å². The predicted molar refractivity (Wildman–Crippen MR) is 161 cm³/mol. The van der Waals surface area contributed by atoms with Crippen LogP contribution in [0, 0.1) is 12.3 Å². The van der Waals surface area contributed by atoms with E-state index in [-0.39, 0.29) is 5.91 Å². The Labute approximate surface area is 246 Å². The zero-order chi connectivity index (χ0) is 29.4. The second kappa shape index (κ2) is 11.2. The van der Waals surface area contributed by atoms with Crippen molar-refractivity contribution >= 4 is 22.9 Å². The summed E-state index contributed by atoms with van der Waals surface area (Å²) in [7, 11) is 0. The maximum absolute atomic E-state index is 13.7. The molecule has 42 heavy (non-hydrogen) atoms. The summed E-state index contributed by atoms with van der Waals surface area (Å²) in [6.07, 6.45) is 4.79. The molecule has 0 spiro atoms. The number of carbonyl (C=O) groups is 2. The van der Waals surface area contributed by atoms with Gasteiger partial charge in [0, 0.05) is 31.1 Å². The van der Waals surface area contributed by atoms with Gasteiger partial charge in [-0.15, -0.1) is 5.10 Å². The molecule has 3 aromatic carbocycles. The van der Waals surface area contributed by atoms with Gasteiger partial charge >= 0.3 is 5.97 Å². The Balaban J connectivity index is 1.42. The summed E-state index contributed by atoms with van der Waals surface area (Å²) in [4.78, 5) is 28.2. The van der Waals surface area contributed by atoms with E-state index in [2.05, 4.69) is 28.5 Å². The first-order chi connectivity index (χ1) is 20.2. The molecule has 0 saturated heterocycles. The van der Waals surface area contributed by atoms with E-state index in [1.54, 1.807) is 13.8 Å². The molecular weight excluding hydrogens is 528 g/mol. The first kappa shape index (κ1) is 27.9. The quantitative estimate of drug-likeness (QED) is 0.313. The van der Waals surface area contributed by atoms with E-state index in [1.807, 2.05) is 52.9 Å². The van der Waals surface area contributed by atoms with Crippen LogP contribution in [0.25, 0.3) is 11.0 Å². The van der Waals surface area contributed by atoms with Crippen molar-refractivity contribution in [2.24, 2.45) is 5.41 Å². The van der Waals surface area contributed by atoms with Gasteiger partial charge in [-0.3, -0.25) is 9.59 Å². The third-order valence-electron chi connectivity index (χ3n) is 8.97. The number of carboxylic acids is 1. The average Bonchev–Trinajstić information content (AvgIpc) is 3.37. The number of nitrogens with zero attached hydrogens (tertiary/aromatic N) is 4. The Kier molecular flexibility index (Phi) is 7.47. The smallest absolute Gasteiger partial charge is 0.310 e. The fourth-order valence-corrected chi connectivity index (χ4v) is 6.46. The van der Waals surface area contributed by atoms with Gasteiger partial charge in [-0.05, 0) is 105 Å². The predicted octanol–water partition coefficient (Wildman–Crippen LogP) is 6.13. The van der Waals surface area contributed by atoms with Gasteiger partial charge in [0.1, 0.15) is 11.3 Å². The molecule has 218 valence electrons. The van der Waals surface area contributed by atoms with Crippen molar-refractivity contribution in [3.05, 3.63) is 88.0 Å². The first-order valence-electron chi connectivity index (χ1n) is 14.9.